The standard InChI is InChI=1S/C12H9FN2O4/c1-19-11(17)7-2-6(3-8(13)4-7)9-5-14-12(18)15-10(9)16/h2-5H,1H3,(H2,14,15,16,18). The first kappa shape index (κ1) is 12.7. The number of benzene rings is 1. The zero-order valence-corrected chi connectivity index (χ0v) is 9.82. The van der Waals surface area contributed by atoms with E-state index in [4.69, 9.17) is 0 Å². The number of H-pyrrole nitrogens is 2. The molecule has 1 heterocycles. The maximum atomic E-state index is 13.4. The summed E-state index contributed by atoms with van der Waals surface area (Å²) in [6.45, 7) is 0. The van der Waals surface area contributed by atoms with Gasteiger partial charge in [-0.1, -0.05) is 0 Å². The van der Waals surface area contributed by atoms with Crippen LogP contribution in [-0.2, 0) is 4.74 Å². The van der Waals surface area contributed by atoms with Crippen LogP contribution in [0.3, 0.4) is 0 Å². The highest BCUT2D eigenvalue weighted by atomic mass is 19.1. The van der Waals surface area contributed by atoms with Crippen LogP contribution in [0.25, 0.3) is 11.1 Å². The maximum absolute atomic E-state index is 13.4. The van der Waals surface area contributed by atoms with Crippen molar-refractivity contribution in [1.29, 1.82) is 0 Å². The molecule has 0 saturated heterocycles. The average molecular weight is 264 g/mol. The molecule has 2 rings (SSSR count). The smallest absolute Gasteiger partial charge is 0.337 e. The fourth-order valence-electron chi connectivity index (χ4n) is 1.61. The van der Waals surface area contributed by atoms with Crippen molar-refractivity contribution in [3.05, 3.63) is 56.6 Å². The van der Waals surface area contributed by atoms with Gasteiger partial charge in [-0.05, 0) is 23.8 Å². The lowest BCUT2D eigenvalue weighted by Crippen LogP contribution is -2.22. The van der Waals surface area contributed by atoms with Gasteiger partial charge >= 0.3 is 11.7 Å². The van der Waals surface area contributed by atoms with E-state index in [0.29, 0.717) is 0 Å². The molecule has 0 atom stereocenters. The first-order valence-electron chi connectivity index (χ1n) is 5.22. The number of methoxy groups -OCH3 is 1. The second kappa shape index (κ2) is 4.89. The number of ether oxygens (including phenoxy) is 1. The first-order chi connectivity index (χ1) is 9.01. The van der Waals surface area contributed by atoms with Crippen LogP contribution in [0.15, 0.2) is 34.0 Å². The summed E-state index contributed by atoms with van der Waals surface area (Å²) in [5.41, 5.74) is -1.16. The highest BCUT2D eigenvalue weighted by molar-refractivity contribution is 5.90. The average Bonchev–Trinajstić information content (AvgIpc) is 2.37. The monoisotopic (exact) mass is 264 g/mol. The third kappa shape index (κ3) is 2.59. The number of esters is 1. The third-order valence-electron chi connectivity index (χ3n) is 2.45. The van der Waals surface area contributed by atoms with E-state index in [9.17, 15) is 18.8 Å². The lowest BCUT2D eigenvalue weighted by molar-refractivity contribution is 0.0600. The Morgan fingerprint density at radius 1 is 1.26 bits per heavy atom. The Bertz CT molecular complexity index is 748. The van der Waals surface area contributed by atoms with Crippen molar-refractivity contribution < 1.29 is 13.9 Å². The van der Waals surface area contributed by atoms with Crippen molar-refractivity contribution in [3.63, 3.8) is 0 Å². The van der Waals surface area contributed by atoms with Gasteiger partial charge in [-0.3, -0.25) is 9.78 Å². The minimum absolute atomic E-state index is 0.0249. The summed E-state index contributed by atoms with van der Waals surface area (Å²) in [6, 6.07) is 3.38. The largest absolute Gasteiger partial charge is 0.465 e. The molecule has 2 N–H and O–H groups in total. The van der Waals surface area contributed by atoms with Crippen molar-refractivity contribution in [2.24, 2.45) is 0 Å². The van der Waals surface area contributed by atoms with E-state index in [-0.39, 0.29) is 16.7 Å². The van der Waals surface area contributed by atoms with Crippen LogP contribution in [-0.4, -0.2) is 23.0 Å². The molecule has 1 aromatic heterocycles. The minimum atomic E-state index is -0.721. The number of aromatic nitrogens is 2. The molecular formula is C12H9FN2O4. The second-order valence-electron chi connectivity index (χ2n) is 3.71. The molecule has 6 nitrogen and oxygen atoms in total. The maximum Gasteiger partial charge on any atom is 0.337 e. The van der Waals surface area contributed by atoms with Gasteiger partial charge in [0.15, 0.2) is 0 Å². The van der Waals surface area contributed by atoms with Crippen LogP contribution in [0.2, 0.25) is 0 Å². The van der Waals surface area contributed by atoms with Crippen LogP contribution in [0.1, 0.15) is 10.4 Å². The molecule has 0 aliphatic carbocycles. The fourth-order valence-corrected chi connectivity index (χ4v) is 1.61. The molecule has 0 aliphatic rings. The summed E-state index contributed by atoms with van der Waals surface area (Å²) in [6.07, 6.45) is 1.15. The van der Waals surface area contributed by atoms with E-state index in [1.807, 2.05) is 4.98 Å². The zero-order valence-electron chi connectivity index (χ0n) is 9.82. The number of rotatable bonds is 2. The number of carbonyl (C=O) groups excluding carboxylic acids is 1. The lowest BCUT2D eigenvalue weighted by Gasteiger charge is -2.04. The van der Waals surface area contributed by atoms with E-state index >= 15 is 0 Å². The summed E-state index contributed by atoms with van der Waals surface area (Å²) in [5.74, 6) is -1.41. The Morgan fingerprint density at radius 2 is 2.00 bits per heavy atom. The Balaban J connectivity index is 2.62. The van der Waals surface area contributed by atoms with Crippen molar-refractivity contribution >= 4 is 5.97 Å². The third-order valence-corrected chi connectivity index (χ3v) is 2.45. The van der Waals surface area contributed by atoms with Crippen molar-refractivity contribution in [3.8, 4) is 11.1 Å². The van der Waals surface area contributed by atoms with Crippen molar-refractivity contribution in [2.45, 2.75) is 0 Å². The Morgan fingerprint density at radius 3 is 2.63 bits per heavy atom. The first-order valence-corrected chi connectivity index (χ1v) is 5.22. The number of hydrogen-bond donors (Lipinski definition) is 2. The van der Waals surface area contributed by atoms with Gasteiger partial charge in [-0.15, -0.1) is 0 Å². The van der Waals surface area contributed by atoms with Gasteiger partial charge in [0, 0.05) is 6.20 Å². The van der Waals surface area contributed by atoms with Gasteiger partial charge in [0.25, 0.3) is 5.56 Å². The molecule has 98 valence electrons. The SMILES string of the molecule is COC(=O)c1cc(F)cc(-c2c[nH]c(=O)[nH]c2=O)c1. The summed E-state index contributed by atoms with van der Waals surface area (Å²) in [4.78, 5) is 38.1. The number of aromatic amines is 2. The highest BCUT2D eigenvalue weighted by Gasteiger charge is 2.12. The molecule has 2 aromatic rings. The number of nitrogens with one attached hydrogen (secondary N) is 2. The van der Waals surface area contributed by atoms with Gasteiger partial charge in [-0.25, -0.2) is 14.0 Å². The fraction of sp³-hybridized carbons (Fsp3) is 0.0833. The number of halogens is 1. The van der Waals surface area contributed by atoms with E-state index in [1.165, 1.54) is 13.2 Å². The molecule has 1 aromatic carbocycles. The predicted molar refractivity (Wildman–Crippen MR) is 64.4 cm³/mol. The second-order valence-corrected chi connectivity index (χ2v) is 3.71. The number of carbonyl (C=O) groups is 1. The molecule has 0 amide bonds. The summed E-state index contributed by atoms with van der Waals surface area (Å²) in [5, 5.41) is 0. The molecule has 19 heavy (non-hydrogen) atoms. The van der Waals surface area contributed by atoms with Crippen molar-refractivity contribution in [1.82, 2.24) is 9.97 Å². The molecule has 0 spiro atoms. The van der Waals surface area contributed by atoms with Gasteiger partial charge in [-0.2, -0.15) is 0 Å². The van der Waals surface area contributed by atoms with E-state index < -0.39 is 23.0 Å². The molecule has 0 bridgehead atoms. The molecule has 0 radical (unpaired) electrons. The molecule has 0 fully saturated rings. The lowest BCUT2D eigenvalue weighted by atomic mass is 10.1. The number of hydrogen-bond acceptors (Lipinski definition) is 4. The van der Waals surface area contributed by atoms with E-state index in [2.05, 4.69) is 9.72 Å². The quantitative estimate of drug-likeness (QED) is 0.779. The molecule has 7 heteroatoms. The van der Waals surface area contributed by atoms with Gasteiger partial charge in [0.1, 0.15) is 5.82 Å². The van der Waals surface area contributed by atoms with Crippen LogP contribution >= 0.6 is 0 Å². The normalized spacial score (nSPS) is 10.2. The summed E-state index contributed by atoms with van der Waals surface area (Å²) >= 11 is 0. The van der Waals surface area contributed by atoms with Crippen molar-refractivity contribution in [2.75, 3.05) is 7.11 Å². The highest BCUT2D eigenvalue weighted by Crippen LogP contribution is 2.18. The van der Waals surface area contributed by atoms with Crippen LogP contribution in [0.5, 0.6) is 0 Å². The minimum Gasteiger partial charge on any atom is -0.465 e. The van der Waals surface area contributed by atoms with Gasteiger partial charge in [0.2, 0.25) is 0 Å². The topological polar surface area (TPSA) is 92.0 Å². The Hall–Kier alpha value is -2.70. The Kier molecular flexibility index (Phi) is 3.28. The van der Waals surface area contributed by atoms with Gasteiger partial charge < -0.3 is 9.72 Å². The van der Waals surface area contributed by atoms with Crippen LogP contribution < -0.4 is 11.2 Å². The van der Waals surface area contributed by atoms with Crippen LogP contribution in [0, 0.1) is 5.82 Å². The summed E-state index contributed by atoms with van der Waals surface area (Å²) < 4.78 is 17.9. The molecule has 0 saturated carbocycles. The summed E-state index contributed by atoms with van der Waals surface area (Å²) in [7, 11) is 1.17. The van der Waals surface area contributed by atoms with E-state index in [1.54, 1.807) is 0 Å². The van der Waals surface area contributed by atoms with E-state index in [0.717, 1.165) is 18.3 Å². The molecular weight excluding hydrogens is 255 g/mol. The Labute approximate surface area is 105 Å². The zero-order chi connectivity index (χ0) is 14.0. The van der Waals surface area contributed by atoms with Gasteiger partial charge in [0.05, 0.1) is 18.2 Å². The molecule has 0 aliphatic heterocycles. The predicted octanol–water partition coefficient (Wildman–Crippen LogP) is 0.656. The molecule has 0 unspecified atom stereocenters. The van der Waals surface area contributed by atoms with Crippen LogP contribution in [0.4, 0.5) is 4.39 Å².